The van der Waals surface area contributed by atoms with Gasteiger partial charge in [0.15, 0.2) is 5.65 Å². The smallest absolute Gasteiger partial charge is 0.289 e. The number of aryl methyl sites for hydroxylation is 2. The van der Waals surface area contributed by atoms with Crippen molar-refractivity contribution >= 4 is 28.4 Å². The Labute approximate surface area is 182 Å². The monoisotopic (exact) mass is 420 g/mol. The number of fused-ring (bicyclic) bond motifs is 1. The highest BCUT2D eigenvalue weighted by Crippen LogP contribution is 2.27. The zero-order chi connectivity index (χ0) is 22.0. The molecule has 3 aromatic rings. The quantitative estimate of drug-likeness (QED) is 0.679. The van der Waals surface area contributed by atoms with Crippen molar-refractivity contribution in [3.63, 3.8) is 0 Å². The first kappa shape index (κ1) is 21.0. The van der Waals surface area contributed by atoms with Crippen LogP contribution in [0.1, 0.15) is 27.4 Å². The molecule has 162 valence electrons. The maximum Gasteiger partial charge on any atom is 0.289 e. The van der Waals surface area contributed by atoms with Crippen molar-refractivity contribution in [1.29, 1.82) is 0 Å². The van der Waals surface area contributed by atoms with Crippen LogP contribution in [-0.4, -0.2) is 61.3 Å². The molecule has 0 spiro atoms. The maximum absolute atomic E-state index is 12.9. The Morgan fingerprint density at radius 1 is 1.10 bits per heavy atom. The molecule has 0 aliphatic carbocycles. The zero-order valence-electron chi connectivity index (χ0n) is 18.5. The summed E-state index contributed by atoms with van der Waals surface area (Å²) in [6, 6.07) is 10.1. The van der Waals surface area contributed by atoms with Gasteiger partial charge in [-0.3, -0.25) is 4.79 Å². The van der Waals surface area contributed by atoms with E-state index in [1.165, 1.54) is 0 Å². The number of pyridine rings is 1. The van der Waals surface area contributed by atoms with E-state index in [9.17, 15) is 4.79 Å². The summed E-state index contributed by atoms with van der Waals surface area (Å²) in [4.78, 5) is 30.9. The molecule has 1 aromatic carbocycles. The molecule has 1 N–H and O–H groups in total. The minimum atomic E-state index is -0.311. The van der Waals surface area contributed by atoms with Gasteiger partial charge in [-0.2, -0.15) is 0 Å². The molecule has 8 nitrogen and oxygen atoms in total. The van der Waals surface area contributed by atoms with Gasteiger partial charge in [0.05, 0.1) is 18.6 Å². The normalized spacial score (nSPS) is 14.0. The summed E-state index contributed by atoms with van der Waals surface area (Å²) in [6.07, 6.45) is 0. The number of morpholine rings is 1. The maximum atomic E-state index is 12.9. The van der Waals surface area contributed by atoms with E-state index in [1.54, 1.807) is 0 Å². The Bertz CT molecular complexity index is 1090. The highest BCUT2D eigenvalue weighted by molar-refractivity contribution is 5.96. The molecule has 1 saturated heterocycles. The van der Waals surface area contributed by atoms with Crippen molar-refractivity contribution in [2.45, 2.75) is 20.4 Å². The number of carbonyl (C=O) groups is 1. The first-order valence-electron chi connectivity index (χ1n) is 10.5. The predicted molar refractivity (Wildman–Crippen MR) is 122 cm³/mol. The molecule has 0 saturated carbocycles. The van der Waals surface area contributed by atoms with E-state index in [-0.39, 0.29) is 11.7 Å². The van der Waals surface area contributed by atoms with E-state index >= 15 is 0 Å². The summed E-state index contributed by atoms with van der Waals surface area (Å²) < 4.78 is 5.49. The highest BCUT2D eigenvalue weighted by Gasteiger charge is 2.22. The van der Waals surface area contributed by atoms with Gasteiger partial charge in [0.1, 0.15) is 5.82 Å². The topological polar surface area (TPSA) is 83.5 Å². The van der Waals surface area contributed by atoms with Crippen molar-refractivity contribution in [1.82, 2.24) is 20.3 Å². The number of amides is 1. The fourth-order valence-corrected chi connectivity index (χ4v) is 3.73. The fraction of sp³-hybridized carbons (Fsp3) is 0.391. The average molecular weight is 421 g/mol. The number of hydrogen-bond donors (Lipinski definition) is 1. The lowest BCUT2D eigenvalue weighted by Crippen LogP contribution is -2.37. The average Bonchev–Trinajstić information content (AvgIpc) is 2.77. The number of rotatable bonds is 5. The van der Waals surface area contributed by atoms with Gasteiger partial charge in [-0.05, 0) is 43.2 Å². The molecule has 3 heterocycles. The molecule has 0 atom stereocenters. The van der Waals surface area contributed by atoms with E-state index in [4.69, 9.17) is 4.74 Å². The molecule has 2 aromatic heterocycles. The second kappa shape index (κ2) is 8.85. The standard InChI is InChI=1S/C23H28N6O2/c1-15-13-16(2)25-20-19(15)22(29-9-11-31-12-10-29)27-21(26-20)23(30)24-14-17-5-7-18(8-6-17)28(3)4/h5-8,13H,9-12,14H2,1-4H3,(H,24,30). The molecule has 1 aliphatic heterocycles. The van der Waals surface area contributed by atoms with Gasteiger partial charge in [-0.1, -0.05) is 12.1 Å². The molecule has 8 heteroatoms. The van der Waals surface area contributed by atoms with Crippen LogP contribution >= 0.6 is 0 Å². The van der Waals surface area contributed by atoms with Crippen LogP contribution in [-0.2, 0) is 11.3 Å². The third kappa shape index (κ3) is 4.59. The Balaban J connectivity index is 1.62. The lowest BCUT2D eigenvalue weighted by Gasteiger charge is -2.29. The first-order chi connectivity index (χ1) is 14.9. The van der Waals surface area contributed by atoms with E-state index in [1.807, 2.05) is 63.2 Å². The minimum Gasteiger partial charge on any atom is -0.378 e. The number of nitrogens with one attached hydrogen (secondary N) is 1. The molecule has 4 rings (SSSR count). The van der Waals surface area contributed by atoms with Gasteiger partial charge >= 0.3 is 0 Å². The Hall–Kier alpha value is -3.26. The van der Waals surface area contributed by atoms with Gasteiger partial charge < -0.3 is 19.9 Å². The second-order valence-electron chi connectivity index (χ2n) is 7.99. The van der Waals surface area contributed by atoms with Gasteiger partial charge in [-0.15, -0.1) is 0 Å². The van der Waals surface area contributed by atoms with Crippen LogP contribution in [0.2, 0.25) is 0 Å². The molecule has 0 unspecified atom stereocenters. The second-order valence-corrected chi connectivity index (χ2v) is 7.99. The van der Waals surface area contributed by atoms with Gasteiger partial charge in [0.25, 0.3) is 5.91 Å². The van der Waals surface area contributed by atoms with Gasteiger partial charge in [0, 0.05) is 45.1 Å². The third-order valence-electron chi connectivity index (χ3n) is 5.39. The van der Waals surface area contributed by atoms with Crippen LogP contribution in [0.3, 0.4) is 0 Å². The van der Waals surface area contributed by atoms with Crippen LogP contribution < -0.4 is 15.1 Å². The van der Waals surface area contributed by atoms with Crippen molar-refractivity contribution < 1.29 is 9.53 Å². The van der Waals surface area contributed by atoms with E-state index in [2.05, 4.69) is 25.2 Å². The summed E-state index contributed by atoms with van der Waals surface area (Å²) in [5.41, 5.74) is 4.59. The largest absolute Gasteiger partial charge is 0.378 e. The molecule has 1 aliphatic rings. The highest BCUT2D eigenvalue weighted by atomic mass is 16.5. The van der Waals surface area contributed by atoms with Crippen LogP contribution in [0.5, 0.6) is 0 Å². The van der Waals surface area contributed by atoms with Crippen molar-refractivity contribution in [2.75, 3.05) is 50.2 Å². The molecule has 31 heavy (non-hydrogen) atoms. The number of carbonyl (C=O) groups excluding carboxylic acids is 1. The molecular formula is C23H28N6O2. The molecule has 1 amide bonds. The van der Waals surface area contributed by atoms with Crippen molar-refractivity contribution in [3.05, 3.63) is 53.0 Å². The number of hydrogen-bond acceptors (Lipinski definition) is 7. The predicted octanol–water partition coefficient (Wildman–Crippen LogP) is 2.47. The van der Waals surface area contributed by atoms with Crippen LogP contribution in [0.25, 0.3) is 11.0 Å². The minimum absolute atomic E-state index is 0.136. The summed E-state index contributed by atoms with van der Waals surface area (Å²) >= 11 is 0. The molecular weight excluding hydrogens is 392 g/mol. The Morgan fingerprint density at radius 3 is 2.48 bits per heavy atom. The summed E-state index contributed by atoms with van der Waals surface area (Å²) in [6.45, 7) is 7.07. The molecule has 0 radical (unpaired) electrons. The van der Waals surface area contributed by atoms with Gasteiger partial charge in [-0.25, -0.2) is 15.0 Å². The van der Waals surface area contributed by atoms with E-state index < -0.39 is 0 Å². The molecule has 0 bridgehead atoms. The Kier molecular flexibility index (Phi) is 5.99. The number of ether oxygens (including phenoxy) is 1. The number of anilines is 2. The number of benzene rings is 1. The number of aromatic nitrogens is 3. The first-order valence-corrected chi connectivity index (χ1v) is 10.5. The third-order valence-corrected chi connectivity index (χ3v) is 5.39. The fourth-order valence-electron chi connectivity index (χ4n) is 3.73. The summed E-state index contributed by atoms with van der Waals surface area (Å²) in [7, 11) is 3.99. The summed E-state index contributed by atoms with van der Waals surface area (Å²) in [5, 5.41) is 3.83. The zero-order valence-corrected chi connectivity index (χ0v) is 18.5. The van der Waals surface area contributed by atoms with Crippen molar-refractivity contribution in [3.8, 4) is 0 Å². The lowest BCUT2D eigenvalue weighted by atomic mass is 10.1. The van der Waals surface area contributed by atoms with Crippen LogP contribution in [0, 0.1) is 13.8 Å². The summed E-state index contributed by atoms with van der Waals surface area (Å²) in [5.74, 6) is 0.573. The SMILES string of the molecule is Cc1cc(C)c2c(N3CCOCC3)nc(C(=O)NCc3ccc(N(C)C)cc3)nc2n1. The van der Waals surface area contributed by atoms with E-state index in [0.29, 0.717) is 25.4 Å². The number of nitrogens with zero attached hydrogens (tertiary/aromatic N) is 5. The van der Waals surface area contributed by atoms with E-state index in [0.717, 1.165) is 46.8 Å². The van der Waals surface area contributed by atoms with Gasteiger partial charge in [0.2, 0.25) is 5.82 Å². The molecule has 1 fully saturated rings. The van der Waals surface area contributed by atoms with Crippen LogP contribution in [0.15, 0.2) is 30.3 Å². The van der Waals surface area contributed by atoms with Crippen molar-refractivity contribution in [2.24, 2.45) is 0 Å². The lowest BCUT2D eigenvalue weighted by molar-refractivity contribution is 0.0940. The van der Waals surface area contributed by atoms with Crippen LogP contribution in [0.4, 0.5) is 11.5 Å². The Morgan fingerprint density at radius 2 is 1.81 bits per heavy atom.